The Labute approximate surface area is 168 Å². The average molecular weight is 386 g/mol. The third-order valence-corrected chi connectivity index (χ3v) is 9.83. The monoisotopic (exact) mass is 385 g/mol. The molecule has 0 radical (unpaired) electrons. The largest absolute Gasteiger partial charge is 0.390 e. The highest BCUT2D eigenvalue weighted by Gasteiger charge is 2.64. The highest BCUT2D eigenvalue weighted by molar-refractivity contribution is 5.82. The molecule has 4 aliphatic rings. The fraction of sp³-hybridized carbons (Fsp3) is 0.870. The lowest BCUT2D eigenvalue weighted by Gasteiger charge is -2.67. The minimum atomic E-state index is -0.464. The molecule has 1 N–H and O–H groups in total. The van der Waals surface area contributed by atoms with E-state index in [-0.39, 0.29) is 11.3 Å². The van der Waals surface area contributed by atoms with Crippen molar-refractivity contribution in [1.29, 1.82) is 0 Å². The second kappa shape index (κ2) is 6.13. The van der Waals surface area contributed by atoms with Crippen LogP contribution >= 0.6 is 0 Å². The van der Waals surface area contributed by atoms with Gasteiger partial charge in [-0.05, 0) is 92.8 Å². The van der Waals surface area contributed by atoms with Crippen molar-refractivity contribution in [3.05, 3.63) is 12.4 Å². The van der Waals surface area contributed by atoms with E-state index in [1.807, 2.05) is 6.92 Å². The van der Waals surface area contributed by atoms with Gasteiger partial charge in [-0.15, -0.1) is 0 Å². The van der Waals surface area contributed by atoms with Crippen molar-refractivity contribution in [2.24, 2.45) is 40.4 Å². The summed E-state index contributed by atoms with van der Waals surface area (Å²) in [5, 5.41) is 18.9. The molecule has 1 aromatic heterocycles. The maximum Gasteiger partial charge on any atom is 0.159 e. The number of nitrogens with zero attached hydrogens (tertiary/aromatic N) is 3. The van der Waals surface area contributed by atoms with Crippen LogP contribution in [0.25, 0.3) is 0 Å². The fourth-order valence-corrected chi connectivity index (χ4v) is 8.09. The van der Waals surface area contributed by atoms with E-state index in [4.69, 9.17) is 0 Å². The molecule has 154 valence electrons. The molecule has 0 bridgehead atoms. The third-order valence-electron chi connectivity index (χ3n) is 9.83. The number of Topliss-reactive ketones (excluding diaryl/α,β-unsaturated/α-hetero) is 1. The molecule has 8 atom stereocenters. The number of carbonyl (C=O) groups is 1. The lowest BCUT2D eigenvalue weighted by Crippen LogP contribution is -2.62. The molecule has 28 heavy (non-hydrogen) atoms. The molecule has 0 aliphatic heterocycles. The molecular weight excluding hydrogens is 350 g/mol. The van der Waals surface area contributed by atoms with Crippen LogP contribution < -0.4 is 0 Å². The first-order valence-corrected chi connectivity index (χ1v) is 11.3. The van der Waals surface area contributed by atoms with Gasteiger partial charge in [-0.25, -0.2) is 0 Å². The zero-order valence-corrected chi connectivity index (χ0v) is 17.6. The Morgan fingerprint density at radius 2 is 1.79 bits per heavy atom. The van der Waals surface area contributed by atoms with E-state index in [1.165, 1.54) is 36.9 Å². The molecule has 0 saturated heterocycles. The van der Waals surface area contributed by atoms with Crippen molar-refractivity contribution in [2.45, 2.75) is 84.3 Å². The minimum Gasteiger partial charge on any atom is -0.390 e. The maximum absolute atomic E-state index is 12.9. The molecule has 5 heteroatoms. The number of hydrogen-bond acceptors (Lipinski definition) is 4. The lowest BCUT2D eigenvalue weighted by molar-refractivity contribution is -0.196. The summed E-state index contributed by atoms with van der Waals surface area (Å²) in [6.07, 6.45) is 12.4. The predicted octanol–water partition coefficient (Wildman–Crippen LogP) is 3.87. The topological polar surface area (TPSA) is 68.0 Å². The van der Waals surface area contributed by atoms with Gasteiger partial charge >= 0.3 is 0 Å². The van der Waals surface area contributed by atoms with Crippen LogP contribution in [-0.2, 0) is 11.3 Å². The number of hydrogen-bond donors (Lipinski definition) is 1. The quantitative estimate of drug-likeness (QED) is 0.858. The first-order chi connectivity index (χ1) is 13.2. The van der Waals surface area contributed by atoms with Gasteiger partial charge in [0.05, 0.1) is 18.0 Å². The van der Waals surface area contributed by atoms with E-state index in [0.717, 1.165) is 31.1 Å². The molecule has 1 aromatic rings. The first kappa shape index (κ1) is 18.8. The number of aromatic nitrogens is 3. The summed E-state index contributed by atoms with van der Waals surface area (Å²) in [5.41, 5.74) is 0.101. The van der Waals surface area contributed by atoms with E-state index in [9.17, 15) is 9.90 Å². The van der Waals surface area contributed by atoms with Crippen molar-refractivity contribution in [1.82, 2.24) is 15.0 Å². The zero-order chi connectivity index (χ0) is 19.7. The SMILES string of the molecule is C[C@@]1(O)CC[C@@]2(C)[C@H](CC[C@@H]3[C@@H]2CC[C@]2(C)[C@@H](C(=O)Cn4nccn4)C[C@@H]32)C1. The van der Waals surface area contributed by atoms with Gasteiger partial charge in [0, 0.05) is 5.92 Å². The minimum absolute atomic E-state index is 0.175. The Morgan fingerprint density at radius 3 is 2.54 bits per heavy atom. The average Bonchev–Trinajstić information content (AvgIpc) is 3.12. The van der Waals surface area contributed by atoms with Crippen molar-refractivity contribution in [3.63, 3.8) is 0 Å². The van der Waals surface area contributed by atoms with Gasteiger partial charge in [-0.3, -0.25) is 4.79 Å². The number of carbonyl (C=O) groups excluding carboxylic acids is 1. The van der Waals surface area contributed by atoms with E-state index >= 15 is 0 Å². The molecule has 0 unspecified atom stereocenters. The summed E-state index contributed by atoms with van der Waals surface area (Å²) in [4.78, 5) is 14.5. The number of aliphatic hydroxyl groups is 1. The van der Waals surface area contributed by atoms with Gasteiger partial charge < -0.3 is 5.11 Å². The lowest BCUT2D eigenvalue weighted by atomic mass is 9.37. The molecule has 0 spiro atoms. The van der Waals surface area contributed by atoms with Crippen LogP contribution in [0.15, 0.2) is 12.4 Å². The van der Waals surface area contributed by atoms with Gasteiger partial charge in [0.2, 0.25) is 0 Å². The van der Waals surface area contributed by atoms with Gasteiger partial charge in [0.1, 0.15) is 6.54 Å². The molecule has 0 amide bonds. The summed E-state index contributed by atoms with van der Waals surface area (Å²) in [7, 11) is 0. The Morgan fingerprint density at radius 1 is 1.04 bits per heavy atom. The smallest absolute Gasteiger partial charge is 0.159 e. The van der Waals surface area contributed by atoms with Crippen molar-refractivity contribution in [2.75, 3.05) is 0 Å². The standard InChI is InChI=1S/C23H35N3O2/c1-21(28)8-9-22(2)15(13-21)4-5-16-17(22)6-7-23(3)18(16)12-19(23)20(27)14-26-24-10-11-25-26/h10-11,15-19,28H,4-9,12-14H2,1-3H3/t15-,16-,17+,18+,19-,21-,22+,23+/m1/s1. The Bertz CT molecular complexity index is 760. The maximum atomic E-state index is 12.9. The molecular formula is C23H35N3O2. The first-order valence-electron chi connectivity index (χ1n) is 11.3. The highest BCUT2D eigenvalue weighted by Crippen LogP contribution is 2.70. The van der Waals surface area contributed by atoms with Crippen LogP contribution in [0.3, 0.4) is 0 Å². The van der Waals surface area contributed by atoms with Crippen LogP contribution in [0.1, 0.15) is 72.1 Å². The number of fused-ring (bicyclic) bond motifs is 5. The molecule has 5 nitrogen and oxygen atoms in total. The predicted molar refractivity (Wildman–Crippen MR) is 106 cm³/mol. The van der Waals surface area contributed by atoms with Crippen LogP contribution in [0.2, 0.25) is 0 Å². The summed E-state index contributed by atoms with van der Waals surface area (Å²) < 4.78 is 0. The van der Waals surface area contributed by atoms with Gasteiger partial charge in [0.15, 0.2) is 5.78 Å². The molecule has 4 fully saturated rings. The highest BCUT2D eigenvalue weighted by atomic mass is 16.3. The van der Waals surface area contributed by atoms with Gasteiger partial charge in [-0.2, -0.15) is 15.0 Å². The molecule has 4 saturated carbocycles. The molecule has 5 rings (SSSR count). The van der Waals surface area contributed by atoms with Crippen LogP contribution in [0.4, 0.5) is 0 Å². The van der Waals surface area contributed by atoms with E-state index < -0.39 is 5.60 Å². The van der Waals surface area contributed by atoms with Crippen molar-refractivity contribution < 1.29 is 9.90 Å². The van der Waals surface area contributed by atoms with E-state index in [0.29, 0.717) is 29.6 Å². The Balaban J connectivity index is 1.32. The van der Waals surface area contributed by atoms with Crippen molar-refractivity contribution in [3.8, 4) is 0 Å². The summed E-state index contributed by atoms with van der Waals surface area (Å²) >= 11 is 0. The van der Waals surface area contributed by atoms with Crippen LogP contribution in [-0.4, -0.2) is 31.5 Å². The summed E-state index contributed by atoms with van der Waals surface area (Å²) in [6, 6.07) is 0. The Hall–Kier alpha value is -1.23. The normalized spacial score (nSPS) is 50.1. The van der Waals surface area contributed by atoms with Crippen LogP contribution in [0.5, 0.6) is 0 Å². The summed E-state index contributed by atoms with van der Waals surface area (Å²) in [5.74, 6) is 3.43. The van der Waals surface area contributed by atoms with Crippen molar-refractivity contribution >= 4 is 5.78 Å². The molecule has 0 aromatic carbocycles. The second-order valence-corrected chi connectivity index (χ2v) is 11.2. The summed E-state index contributed by atoms with van der Waals surface area (Å²) in [6.45, 7) is 7.27. The van der Waals surface area contributed by atoms with E-state index in [2.05, 4.69) is 24.0 Å². The van der Waals surface area contributed by atoms with Gasteiger partial charge in [0.25, 0.3) is 0 Å². The molecule has 4 aliphatic carbocycles. The second-order valence-electron chi connectivity index (χ2n) is 11.2. The van der Waals surface area contributed by atoms with E-state index in [1.54, 1.807) is 12.4 Å². The Kier molecular flexibility index (Phi) is 4.11. The third kappa shape index (κ3) is 2.64. The fourth-order valence-electron chi connectivity index (χ4n) is 8.09. The number of rotatable bonds is 3. The van der Waals surface area contributed by atoms with Crippen LogP contribution in [0, 0.1) is 40.4 Å². The zero-order valence-electron chi connectivity index (χ0n) is 17.6. The molecule has 1 heterocycles. The number of ketones is 1. The van der Waals surface area contributed by atoms with Gasteiger partial charge in [-0.1, -0.05) is 13.8 Å².